The first-order chi connectivity index (χ1) is 11.6. The van der Waals surface area contributed by atoms with Gasteiger partial charge in [0.15, 0.2) is 0 Å². The van der Waals surface area contributed by atoms with Crippen molar-refractivity contribution in [2.24, 2.45) is 11.8 Å². The number of pyridine rings is 1. The topological polar surface area (TPSA) is 55.7 Å². The highest BCUT2D eigenvalue weighted by atomic mass is 19.1. The molecular weight excluding hydrogens is 307 g/mol. The van der Waals surface area contributed by atoms with E-state index >= 15 is 0 Å². The number of fused-ring (bicyclic) bond motifs is 2. The van der Waals surface area contributed by atoms with Crippen molar-refractivity contribution in [2.75, 3.05) is 13.2 Å². The standard InChI is InChI=1S/C18H19FN4O/c1-9(2)23-16(17-12-7-24-8-13(12)17)4-15(22-23)10-3-11-14(19)6-21-18(11)20-5-10/h3-6,9,12-13,17H,7-8H2,1-2H3,(H,20,21)/t12-,13+,17+. The van der Waals surface area contributed by atoms with Crippen molar-refractivity contribution in [3.8, 4) is 11.3 Å². The van der Waals surface area contributed by atoms with Gasteiger partial charge in [-0.2, -0.15) is 5.10 Å². The molecule has 6 heteroatoms. The van der Waals surface area contributed by atoms with Crippen molar-refractivity contribution < 1.29 is 9.13 Å². The first kappa shape index (κ1) is 14.2. The van der Waals surface area contributed by atoms with E-state index in [0.29, 0.717) is 28.8 Å². The van der Waals surface area contributed by atoms with Crippen LogP contribution in [0.4, 0.5) is 4.39 Å². The molecule has 124 valence electrons. The molecule has 0 unspecified atom stereocenters. The fourth-order valence-electron chi connectivity index (χ4n) is 4.00. The van der Waals surface area contributed by atoms with Crippen molar-refractivity contribution in [2.45, 2.75) is 25.8 Å². The summed E-state index contributed by atoms with van der Waals surface area (Å²) < 4.78 is 21.5. The summed E-state index contributed by atoms with van der Waals surface area (Å²) in [5.74, 6) is 1.53. The summed E-state index contributed by atoms with van der Waals surface area (Å²) in [6, 6.07) is 4.26. The maximum absolute atomic E-state index is 13.8. The largest absolute Gasteiger partial charge is 0.381 e. The molecule has 0 bridgehead atoms. The van der Waals surface area contributed by atoms with Crippen molar-refractivity contribution in [1.29, 1.82) is 0 Å². The van der Waals surface area contributed by atoms with Crippen LogP contribution in [0, 0.1) is 17.7 Å². The van der Waals surface area contributed by atoms with Crippen LogP contribution in [0.15, 0.2) is 24.5 Å². The average Bonchev–Trinajstić information content (AvgIpc) is 3.02. The summed E-state index contributed by atoms with van der Waals surface area (Å²) in [6.45, 7) is 6.00. The first-order valence-electron chi connectivity index (χ1n) is 8.43. The van der Waals surface area contributed by atoms with Crippen LogP contribution < -0.4 is 0 Å². The van der Waals surface area contributed by atoms with Gasteiger partial charge >= 0.3 is 0 Å². The number of nitrogens with zero attached hydrogens (tertiary/aromatic N) is 3. The number of hydrogen-bond acceptors (Lipinski definition) is 3. The third-order valence-electron chi connectivity index (χ3n) is 5.32. The quantitative estimate of drug-likeness (QED) is 0.801. The maximum Gasteiger partial charge on any atom is 0.150 e. The van der Waals surface area contributed by atoms with Crippen LogP contribution in [0.5, 0.6) is 0 Å². The predicted octanol–water partition coefficient (Wildman–Crippen LogP) is 3.51. The Balaban J connectivity index is 1.58. The lowest BCUT2D eigenvalue weighted by Crippen LogP contribution is -2.09. The maximum atomic E-state index is 13.8. The lowest BCUT2D eigenvalue weighted by Gasteiger charge is -2.12. The molecule has 1 N–H and O–H groups in total. The fraction of sp³-hybridized carbons (Fsp3) is 0.444. The van der Waals surface area contributed by atoms with Crippen molar-refractivity contribution in [1.82, 2.24) is 19.7 Å². The molecule has 2 fully saturated rings. The minimum absolute atomic E-state index is 0.281. The van der Waals surface area contributed by atoms with Crippen LogP contribution in [0.2, 0.25) is 0 Å². The van der Waals surface area contributed by atoms with Gasteiger partial charge in [0.2, 0.25) is 0 Å². The molecule has 24 heavy (non-hydrogen) atoms. The summed E-state index contributed by atoms with van der Waals surface area (Å²) in [6.07, 6.45) is 3.09. The van der Waals surface area contributed by atoms with Gasteiger partial charge in [0.25, 0.3) is 0 Å². The lowest BCUT2D eigenvalue weighted by atomic mass is 10.1. The van der Waals surface area contributed by atoms with E-state index in [0.717, 1.165) is 24.5 Å². The van der Waals surface area contributed by atoms with E-state index in [1.165, 1.54) is 11.9 Å². The molecule has 3 aromatic heterocycles. The normalized spacial score (nSPS) is 25.6. The number of H-pyrrole nitrogens is 1. The number of nitrogens with one attached hydrogen (secondary N) is 1. The molecule has 1 saturated carbocycles. The lowest BCUT2D eigenvalue weighted by molar-refractivity contribution is 0.159. The molecule has 2 aliphatic rings. The predicted molar refractivity (Wildman–Crippen MR) is 88.2 cm³/mol. The number of rotatable bonds is 3. The average molecular weight is 326 g/mol. The zero-order valence-corrected chi connectivity index (χ0v) is 13.7. The van der Waals surface area contributed by atoms with E-state index in [-0.39, 0.29) is 11.9 Å². The van der Waals surface area contributed by atoms with Crippen molar-refractivity contribution >= 4 is 11.0 Å². The van der Waals surface area contributed by atoms with Crippen LogP contribution in [0.25, 0.3) is 22.3 Å². The minimum Gasteiger partial charge on any atom is -0.381 e. The Morgan fingerprint density at radius 2 is 2.08 bits per heavy atom. The van der Waals surface area contributed by atoms with E-state index in [9.17, 15) is 4.39 Å². The van der Waals surface area contributed by atoms with E-state index in [1.807, 2.05) is 6.07 Å². The molecule has 1 saturated heterocycles. The molecule has 4 heterocycles. The molecular formula is C18H19FN4O. The smallest absolute Gasteiger partial charge is 0.150 e. The highest BCUT2D eigenvalue weighted by molar-refractivity contribution is 5.81. The Morgan fingerprint density at radius 1 is 1.29 bits per heavy atom. The van der Waals surface area contributed by atoms with E-state index in [1.54, 1.807) is 6.20 Å². The SMILES string of the molecule is CC(C)n1nc(-c2cnc3[nH]cc(F)c3c2)cc1[C@H]1[C@@H]2COC[C@@H]21. The summed E-state index contributed by atoms with van der Waals surface area (Å²) in [4.78, 5) is 7.15. The fourth-order valence-corrected chi connectivity index (χ4v) is 4.00. The second-order valence-corrected chi connectivity index (χ2v) is 7.14. The second-order valence-electron chi connectivity index (χ2n) is 7.14. The molecule has 0 aromatic carbocycles. The second kappa shape index (κ2) is 4.89. The van der Waals surface area contributed by atoms with Gasteiger partial charge in [-0.15, -0.1) is 0 Å². The van der Waals surface area contributed by atoms with Crippen LogP contribution in [0.1, 0.15) is 31.5 Å². The summed E-state index contributed by atoms with van der Waals surface area (Å²) in [5.41, 5.74) is 3.55. The number of aromatic nitrogens is 4. The first-order valence-corrected chi connectivity index (χ1v) is 8.43. The Morgan fingerprint density at radius 3 is 2.83 bits per heavy atom. The molecule has 5 nitrogen and oxygen atoms in total. The number of halogens is 1. The molecule has 5 rings (SSSR count). The molecule has 3 atom stereocenters. The Kier molecular flexibility index (Phi) is 2.89. The Labute approximate surface area is 138 Å². The number of aromatic amines is 1. The van der Waals surface area contributed by atoms with Crippen molar-refractivity contribution in [3.05, 3.63) is 36.0 Å². The van der Waals surface area contributed by atoms with Gasteiger partial charge in [-0.05, 0) is 37.8 Å². The third-order valence-corrected chi connectivity index (χ3v) is 5.32. The zero-order chi connectivity index (χ0) is 16.4. The van der Waals surface area contributed by atoms with E-state index in [4.69, 9.17) is 9.84 Å². The summed E-state index contributed by atoms with van der Waals surface area (Å²) >= 11 is 0. The van der Waals surface area contributed by atoms with Gasteiger partial charge < -0.3 is 9.72 Å². The monoisotopic (exact) mass is 326 g/mol. The third kappa shape index (κ3) is 1.95. The molecule has 0 amide bonds. The molecule has 1 aliphatic heterocycles. The number of ether oxygens (including phenoxy) is 1. The van der Waals surface area contributed by atoms with Crippen LogP contribution in [0.3, 0.4) is 0 Å². The molecule has 0 radical (unpaired) electrons. The van der Waals surface area contributed by atoms with Gasteiger partial charge in [0, 0.05) is 35.6 Å². The molecule has 0 spiro atoms. The van der Waals surface area contributed by atoms with E-state index < -0.39 is 0 Å². The van der Waals surface area contributed by atoms with Gasteiger partial charge in [0.1, 0.15) is 11.5 Å². The number of hydrogen-bond donors (Lipinski definition) is 1. The molecule has 1 aliphatic carbocycles. The molecule has 3 aromatic rings. The highest BCUT2D eigenvalue weighted by Gasteiger charge is 2.56. The minimum atomic E-state index is -0.281. The van der Waals surface area contributed by atoms with Crippen molar-refractivity contribution in [3.63, 3.8) is 0 Å². The van der Waals surface area contributed by atoms with Crippen LogP contribution in [-0.4, -0.2) is 33.0 Å². The van der Waals surface area contributed by atoms with Crippen LogP contribution >= 0.6 is 0 Å². The highest BCUT2D eigenvalue weighted by Crippen LogP contribution is 2.58. The summed E-state index contributed by atoms with van der Waals surface area (Å²) in [7, 11) is 0. The van der Waals surface area contributed by atoms with Gasteiger partial charge in [0.05, 0.1) is 24.3 Å². The Bertz CT molecular complexity index is 918. The van der Waals surface area contributed by atoms with Crippen LogP contribution in [-0.2, 0) is 4.74 Å². The van der Waals surface area contributed by atoms with Gasteiger partial charge in [-0.3, -0.25) is 4.68 Å². The summed E-state index contributed by atoms with van der Waals surface area (Å²) in [5, 5.41) is 5.30. The van der Waals surface area contributed by atoms with Gasteiger partial charge in [-0.1, -0.05) is 0 Å². The Hall–Kier alpha value is -2.21. The van der Waals surface area contributed by atoms with Gasteiger partial charge in [-0.25, -0.2) is 9.37 Å². The van der Waals surface area contributed by atoms with E-state index in [2.05, 4.69) is 34.6 Å². The zero-order valence-electron chi connectivity index (χ0n) is 13.7.